The lowest BCUT2D eigenvalue weighted by Crippen LogP contribution is -2.43. The Balaban J connectivity index is 2.55. The van der Waals surface area contributed by atoms with Gasteiger partial charge in [0.2, 0.25) is 5.91 Å². The maximum atomic E-state index is 11.8. The molecule has 0 aliphatic rings. The maximum absolute atomic E-state index is 11.8. The Bertz CT molecular complexity index is 472. The van der Waals surface area contributed by atoms with Crippen LogP contribution in [0.4, 0.5) is 0 Å². The molecule has 1 amide bonds. The molecule has 0 bridgehead atoms. The molecule has 1 aromatic rings. The van der Waals surface area contributed by atoms with Crippen molar-refractivity contribution in [3.8, 4) is 5.75 Å². The third kappa shape index (κ3) is 6.58. The van der Waals surface area contributed by atoms with Gasteiger partial charge in [0, 0.05) is 19.4 Å². The van der Waals surface area contributed by atoms with E-state index in [1.807, 2.05) is 6.92 Å². The summed E-state index contributed by atoms with van der Waals surface area (Å²) >= 11 is 0. The molecule has 0 saturated heterocycles. The first kappa shape index (κ1) is 18.0. The van der Waals surface area contributed by atoms with E-state index >= 15 is 0 Å². The lowest BCUT2D eigenvalue weighted by Gasteiger charge is -2.16. The smallest absolute Gasteiger partial charge is 0.328 e. The van der Waals surface area contributed by atoms with Gasteiger partial charge in [0.1, 0.15) is 11.8 Å². The van der Waals surface area contributed by atoms with Gasteiger partial charge in [-0.3, -0.25) is 4.79 Å². The van der Waals surface area contributed by atoms with E-state index in [0.717, 1.165) is 12.0 Å². The van der Waals surface area contributed by atoms with Gasteiger partial charge in [0.25, 0.3) is 0 Å². The number of aromatic hydroxyl groups is 1. The minimum Gasteiger partial charge on any atom is -0.508 e. The molecule has 1 atom stereocenters. The van der Waals surface area contributed by atoms with Crippen molar-refractivity contribution in [1.29, 1.82) is 0 Å². The van der Waals surface area contributed by atoms with Gasteiger partial charge in [-0.05, 0) is 24.1 Å². The number of carbonyl (C=O) groups is 2. The van der Waals surface area contributed by atoms with Crippen molar-refractivity contribution >= 4 is 11.9 Å². The van der Waals surface area contributed by atoms with Crippen molar-refractivity contribution in [3.05, 3.63) is 29.8 Å². The second-order valence-electron chi connectivity index (χ2n) is 4.88. The number of ether oxygens (including phenoxy) is 2. The van der Waals surface area contributed by atoms with Crippen LogP contribution in [0, 0.1) is 0 Å². The Morgan fingerprint density at radius 1 is 1.23 bits per heavy atom. The molecule has 0 aromatic heterocycles. The molecular weight excluding hydrogens is 286 g/mol. The molecule has 0 unspecified atom stereocenters. The standard InChI is InChI=1S/C16H23NO5/c1-3-9-22-10-8-15(19)17-14(16(20)21-2)11-12-4-6-13(18)7-5-12/h4-7,14,18H,3,8-11H2,1-2H3,(H,17,19)/t14-/m0/s1. The Hall–Kier alpha value is -2.08. The predicted molar refractivity (Wildman–Crippen MR) is 81.5 cm³/mol. The largest absolute Gasteiger partial charge is 0.508 e. The van der Waals surface area contributed by atoms with Gasteiger partial charge in [-0.15, -0.1) is 0 Å². The maximum Gasteiger partial charge on any atom is 0.328 e. The van der Waals surface area contributed by atoms with Crippen molar-refractivity contribution in [2.75, 3.05) is 20.3 Å². The molecule has 2 N–H and O–H groups in total. The van der Waals surface area contributed by atoms with Crippen LogP contribution in [-0.2, 0) is 25.5 Å². The van der Waals surface area contributed by atoms with E-state index in [2.05, 4.69) is 5.32 Å². The van der Waals surface area contributed by atoms with Crippen molar-refractivity contribution in [3.63, 3.8) is 0 Å². The van der Waals surface area contributed by atoms with Crippen LogP contribution < -0.4 is 5.32 Å². The number of amides is 1. The molecule has 0 fully saturated rings. The average Bonchev–Trinajstić information content (AvgIpc) is 2.52. The fourth-order valence-corrected chi connectivity index (χ4v) is 1.88. The first-order valence-electron chi connectivity index (χ1n) is 7.29. The zero-order valence-corrected chi connectivity index (χ0v) is 13.0. The highest BCUT2D eigenvalue weighted by Crippen LogP contribution is 2.12. The molecule has 6 nitrogen and oxygen atoms in total. The van der Waals surface area contributed by atoms with Crippen molar-refractivity contribution < 1.29 is 24.2 Å². The summed E-state index contributed by atoms with van der Waals surface area (Å²) in [5.74, 6) is -0.614. The van der Waals surface area contributed by atoms with Crippen LogP contribution in [0.2, 0.25) is 0 Å². The molecule has 0 saturated carbocycles. The summed E-state index contributed by atoms with van der Waals surface area (Å²) in [7, 11) is 1.28. The molecule has 1 rings (SSSR count). The van der Waals surface area contributed by atoms with Crippen LogP contribution in [0.25, 0.3) is 0 Å². The quantitative estimate of drug-likeness (QED) is 0.532. The number of methoxy groups -OCH3 is 1. The number of carbonyl (C=O) groups excluding carboxylic acids is 2. The molecule has 0 radical (unpaired) electrons. The van der Waals surface area contributed by atoms with E-state index in [0.29, 0.717) is 19.6 Å². The van der Waals surface area contributed by atoms with Crippen molar-refractivity contribution in [2.45, 2.75) is 32.2 Å². The number of phenolic OH excluding ortho intramolecular Hbond substituents is 1. The number of esters is 1. The summed E-state index contributed by atoms with van der Waals surface area (Å²) in [6.45, 7) is 2.93. The highest BCUT2D eigenvalue weighted by atomic mass is 16.5. The average molecular weight is 309 g/mol. The summed E-state index contributed by atoms with van der Waals surface area (Å²) in [6.07, 6.45) is 1.39. The first-order valence-corrected chi connectivity index (χ1v) is 7.29. The lowest BCUT2D eigenvalue weighted by molar-refractivity contribution is -0.145. The fraction of sp³-hybridized carbons (Fsp3) is 0.500. The Labute approximate surface area is 130 Å². The molecule has 1 aromatic carbocycles. The lowest BCUT2D eigenvalue weighted by atomic mass is 10.1. The zero-order valence-electron chi connectivity index (χ0n) is 13.0. The van der Waals surface area contributed by atoms with Gasteiger partial charge in [-0.1, -0.05) is 19.1 Å². The van der Waals surface area contributed by atoms with Crippen molar-refractivity contribution in [1.82, 2.24) is 5.32 Å². The zero-order chi connectivity index (χ0) is 16.4. The van der Waals surface area contributed by atoms with E-state index in [1.165, 1.54) is 19.2 Å². The first-order chi connectivity index (χ1) is 10.6. The summed E-state index contributed by atoms with van der Waals surface area (Å²) in [6, 6.07) is 5.70. The van der Waals surface area contributed by atoms with Crippen LogP contribution in [0.15, 0.2) is 24.3 Å². The SMILES string of the molecule is CCCOCCC(=O)N[C@@H](Cc1ccc(O)cc1)C(=O)OC. The third-order valence-corrected chi connectivity index (χ3v) is 3.02. The Kier molecular flexibility index (Phi) is 7.99. The molecular formula is C16H23NO5. The number of hydrogen-bond donors (Lipinski definition) is 2. The van der Waals surface area contributed by atoms with E-state index in [4.69, 9.17) is 9.47 Å². The van der Waals surface area contributed by atoms with Gasteiger partial charge >= 0.3 is 5.97 Å². The van der Waals surface area contributed by atoms with Crippen LogP contribution in [0.1, 0.15) is 25.3 Å². The predicted octanol–water partition coefficient (Wildman–Crippen LogP) is 1.41. The molecule has 122 valence electrons. The fourth-order valence-electron chi connectivity index (χ4n) is 1.88. The van der Waals surface area contributed by atoms with Gasteiger partial charge < -0.3 is 19.9 Å². The van der Waals surface area contributed by atoms with Gasteiger partial charge in [0.05, 0.1) is 13.7 Å². The third-order valence-electron chi connectivity index (χ3n) is 3.02. The van der Waals surface area contributed by atoms with Crippen LogP contribution >= 0.6 is 0 Å². The molecule has 0 aliphatic carbocycles. The van der Waals surface area contributed by atoms with Gasteiger partial charge in [0.15, 0.2) is 0 Å². The molecule has 0 spiro atoms. The van der Waals surface area contributed by atoms with Crippen molar-refractivity contribution in [2.24, 2.45) is 0 Å². The van der Waals surface area contributed by atoms with Gasteiger partial charge in [-0.25, -0.2) is 4.79 Å². The monoisotopic (exact) mass is 309 g/mol. The van der Waals surface area contributed by atoms with E-state index < -0.39 is 12.0 Å². The molecule has 0 heterocycles. The van der Waals surface area contributed by atoms with Crippen LogP contribution in [-0.4, -0.2) is 43.3 Å². The Morgan fingerprint density at radius 2 is 1.91 bits per heavy atom. The number of benzene rings is 1. The molecule has 6 heteroatoms. The molecule has 0 aliphatic heterocycles. The number of rotatable bonds is 9. The number of nitrogens with one attached hydrogen (secondary N) is 1. The van der Waals surface area contributed by atoms with Crippen LogP contribution in [0.5, 0.6) is 5.75 Å². The number of hydrogen-bond acceptors (Lipinski definition) is 5. The van der Waals surface area contributed by atoms with E-state index in [-0.39, 0.29) is 18.1 Å². The topological polar surface area (TPSA) is 84.9 Å². The van der Waals surface area contributed by atoms with Gasteiger partial charge in [-0.2, -0.15) is 0 Å². The number of phenols is 1. The highest BCUT2D eigenvalue weighted by molar-refractivity contribution is 5.84. The van der Waals surface area contributed by atoms with Crippen LogP contribution in [0.3, 0.4) is 0 Å². The summed E-state index contributed by atoms with van der Waals surface area (Å²) in [5.41, 5.74) is 0.815. The Morgan fingerprint density at radius 3 is 2.50 bits per heavy atom. The summed E-state index contributed by atoms with van der Waals surface area (Å²) < 4.78 is 9.97. The second-order valence-corrected chi connectivity index (χ2v) is 4.88. The highest BCUT2D eigenvalue weighted by Gasteiger charge is 2.21. The minimum absolute atomic E-state index is 0.149. The van der Waals surface area contributed by atoms with E-state index in [9.17, 15) is 14.7 Å². The molecule has 22 heavy (non-hydrogen) atoms. The summed E-state index contributed by atoms with van der Waals surface area (Å²) in [4.78, 5) is 23.6. The summed E-state index contributed by atoms with van der Waals surface area (Å²) in [5, 5.41) is 11.9. The van der Waals surface area contributed by atoms with E-state index in [1.54, 1.807) is 12.1 Å². The minimum atomic E-state index is -0.756. The normalized spacial score (nSPS) is 11.7. The second kappa shape index (κ2) is 9.78.